The van der Waals surface area contributed by atoms with Gasteiger partial charge in [0.2, 0.25) is 5.95 Å². The molecule has 0 bridgehead atoms. The third-order valence-electron chi connectivity index (χ3n) is 4.31. The molecule has 6 heteroatoms. The number of rotatable bonds is 4. The van der Waals surface area contributed by atoms with Gasteiger partial charge in [0.25, 0.3) is 5.56 Å². The summed E-state index contributed by atoms with van der Waals surface area (Å²) in [6, 6.07) is 7.88. The van der Waals surface area contributed by atoms with Gasteiger partial charge in [-0.15, -0.1) is 6.58 Å². The molecule has 126 valence electrons. The zero-order valence-electron chi connectivity index (χ0n) is 13.8. The molecule has 0 aliphatic carbocycles. The van der Waals surface area contributed by atoms with Crippen LogP contribution < -0.4 is 15.4 Å². The summed E-state index contributed by atoms with van der Waals surface area (Å²) in [5, 5.41) is 0.745. The largest absolute Gasteiger partial charge is 0.368 e. The van der Waals surface area contributed by atoms with E-state index >= 15 is 0 Å². The molecule has 1 aromatic carbocycles. The van der Waals surface area contributed by atoms with E-state index in [-0.39, 0.29) is 5.56 Å². The van der Waals surface area contributed by atoms with Crippen LogP contribution in [0.25, 0.3) is 0 Å². The van der Waals surface area contributed by atoms with Crippen molar-refractivity contribution < 1.29 is 0 Å². The molecule has 1 aromatic heterocycles. The van der Waals surface area contributed by atoms with Gasteiger partial charge in [-0.05, 0) is 31.5 Å². The highest BCUT2D eigenvalue weighted by molar-refractivity contribution is 6.30. The van der Waals surface area contributed by atoms with Crippen molar-refractivity contribution >= 4 is 23.2 Å². The van der Waals surface area contributed by atoms with Crippen molar-refractivity contribution in [1.29, 1.82) is 0 Å². The van der Waals surface area contributed by atoms with Crippen molar-refractivity contribution in [3.63, 3.8) is 0 Å². The van der Waals surface area contributed by atoms with Crippen LogP contribution in [-0.2, 0) is 6.42 Å². The summed E-state index contributed by atoms with van der Waals surface area (Å²) in [5.74, 6) is 0.649. The number of halogens is 1. The standard InChI is InChI=1S/C18H21ClN4O/c1-3-5-16-13(2)20-18(21-17(16)24)23-10-8-22(9-11-23)15-7-4-6-14(19)12-15/h3-4,6-7,12H,1,5,8-11H2,2H3,(H,20,21,24). The third kappa shape index (κ3) is 3.46. The first-order valence-corrected chi connectivity index (χ1v) is 8.42. The summed E-state index contributed by atoms with van der Waals surface area (Å²) >= 11 is 6.07. The second kappa shape index (κ2) is 7.09. The Morgan fingerprint density at radius 1 is 1.29 bits per heavy atom. The number of aromatic nitrogens is 2. The molecule has 1 aliphatic rings. The van der Waals surface area contributed by atoms with Crippen molar-refractivity contribution in [1.82, 2.24) is 9.97 Å². The minimum absolute atomic E-state index is 0.0744. The maximum absolute atomic E-state index is 12.2. The van der Waals surface area contributed by atoms with Gasteiger partial charge in [0.1, 0.15) is 0 Å². The first-order chi connectivity index (χ1) is 11.6. The Labute approximate surface area is 146 Å². The monoisotopic (exact) mass is 344 g/mol. The van der Waals surface area contributed by atoms with Gasteiger partial charge in [0.05, 0.1) is 5.69 Å². The van der Waals surface area contributed by atoms with Gasteiger partial charge in [0.15, 0.2) is 0 Å². The summed E-state index contributed by atoms with van der Waals surface area (Å²) < 4.78 is 0. The number of aryl methyl sites for hydroxylation is 1. The molecular weight excluding hydrogens is 324 g/mol. The van der Waals surface area contributed by atoms with E-state index in [0.717, 1.165) is 42.6 Å². The molecule has 0 amide bonds. The van der Waals surface area contributed by atoms with Gasteiger partial charge in [-0.25, -0.2) is 4.98 Å². The van der Waals surface area contributed by atoms with Crippen molar-refractivity contribution in [2.24, 2.45) is 0 Å². The highest BCUT2D eigenvalue weighted by Gasteiger charge is 2.20. The van der Waals surface area contributed by atoms with Crippen LogP contribution in [0.1, 0.15) is 11.3 Å². The Balaban J connectivity index is 1.73. The van der Waals surface area contributed by atoms with E-state index < -0.39 is 0 Å². The minimum atomic E-state index is -0.0744. The molecule has 0 saturated carbocycles. The van der Waals surface area contributed by atoms with Crippen LogP contribution in [-0.4, -0.2) is 36.1 Å². The maximum atomic E-state index is 12.2. The molecule has 0 radical (unpaired) electrons. The lowest BCUT2D eigenvalue weighted by molar-refractivity contribution is 0.637. The maximum Gasteiger partial charge on any atom is 0.256 e. The second-order valence-electron chi connectivity index (χ2n) is 5.90. The zero-order chi connectivity index (χ0) is 17.1. The topological polar surface area (TPSA) is 52.2 Å². The number of nitrogens with one attached hydrogen (secondary N) is 1. The highest BCUT2D eigenvalue weighted by atomic mass is 35.5. The van der Waals surface area contributed by atoms with Gasteiger partial charge < -0.3 is 9.80 Å². The van der Waals surface area contributed by atoms with Gasteiger partial charge in [-0.1, -0.05) is 23.7 Å². The molecule has 1 aliphatic heterocycles. The first-order valence-electron chi connectivity index (χ1n) is 8.04. The van der Waals surface area contributed by atoms with E-state index in [1.165, 1.54) is 0 Å². The molecule has 5 nitrogen and oxygen atoms in total. The van der Waals surface area contributed by atoms with Crippen molar-refractivity contribution in [2.45, 2.75) is 13.3 Å². The van der Waals surface area contributed by atoms with Crippen LogP contribution in [0.15, 0.2) is 41.7 Å². The normalized spacial score (nSPS) is 14.8. The smallest absolute Gasteiger partial charge is 0.256 e. The predicted octanol–water partition coefficient (Wildman–Crippen LogP) is 2.79. The first kappa shape index (κ1) is 16.6. The average Bonchev–Trinajstić information content (AvgIpc) is 2.58. The molecule has 0 atom stereocenters. The van der Waals surface area contributed by atoms with Gasteiger partial charge in [-0.2, -0.15) is 0 Å². The van der Waals surface area contributed by atoms with Crippen molar-refractivity contribution in [3.8, 4) is 0 Å². The lowest BCUT2D eigenvalue weighted by Crippen LogP contribution is -2.47. The van der Waals surface area contributed by atoms with Crippen LogP contribution in [0.2, 0.25) is 5.02 Å². The fraction of sp³-hybridized carbons (Fsp3) is 0.333. The van der Waals surface area contributed by atoms with E-state index in [9.17, 15) is 4.79 Å². The summed E-state index contributed by atoms with van der Waals surface area (Å²) in [4.78, 5) is 24.1. The number of allylic oxidation sites excluding steroid dienone is 1. The molecular formula is C18H21ClN4O. The number of hydrogen-bond donors (Lipinski definition) is 1. The third-order valence-corrected chi connectivity index (χ3v) is 4.55. The SMILES string of the molecule is C=CCc1c(C)nc(N2CCN(c3cccc(Cl)c3)CC2)[nH]c1=O. The lowest BCUT2D eigenvalue weighted by Gasteiger charge is -2.36. The Bertz CT molecular complexity index is 794. The Kier molecular flexibility index (Phi) is 4.90. The quantitative estimate of drug-likeness (QED) is 0.866. The fourth-order valence-corrected chi connectivity index (χ4v) is 3.16. The van der Waals surface area contributed by atoms with Crippen LogP contribution >= 0.6 is 11.6 Å². The van der Waals surface area contributed by atoms with E-state index in [4.69, 9.17) is 11.6 Å². The number of benzene rings is 1. The van der Waals surface area contributed by atoms with Gasteiger partial charge in [0, 0.05) is 42.5 Å². The van der Waals surface area contributed by atoms with E-state index in [1.54, 1.807) is 6.08 Å². The molecule has 24 heavy (non-hydrogen) atoms. The summed E-state index contributed by atoms with van der Waals surface area (Å²) in [5.41, 5.74) is 2.51. The van der Waals surface area contributed by atoms with Crippen LogP contribution in [0.3, 0.4) is 0 Å². The summed E-state index contributed by atoms with van der Waals surface area (Å²) in [6.07, 6.45) is 2.26. The summed E-state index contributed by atoms with van der Waals surface area (Å²) in [7, 11) is 0. The van der Waals surface area contributed by atoms with Crippen molar-refractivity contribution in [2.75, 3.05) is 36.0 Å². The number of hydrogen-bond acceptors (Lipinski definition) is 4. The summed E-state index contributed by atoms with van der Waals surface area (Å²) in [6.45, 7) is 8.88. The number of anilines is 2. The van der Waals surface area contributed by atoms with Crippen LogP contribution in [0.4, 0.5) is 11.6 Å². The number of piperazine rings is 1. The molecule has 3 rings (SSSR count). The highest BCUT2D eigenvalue weighted by Crippen LogP contribution is 2.21. The number of nitrogens with zero attached hydrogens (tertiary/aromatic N) is 3. The van der Waals surface area contributed by atoms with Gasteiger partial charge >= 0.3 is 0 Å². The minimum Gasteiger partial charge on any atom is -0.368 e. The molecule has 1 saturated heterocycles. The Morgan fingerprint density at radius 2 is 2.00 bits per heavy atom. The van der Waals surface area contributed by atoms with E-state index in [1.807, 2.05) is 25.1 Å². The van der Waals surface area contributed by atoms with Crippen LogP contribution in [0, 0.1) is 6.92 Å². The fourth-order valence-electron chi connectivity index (χ4n) is 2.98. The number of aromatic amines is 1. The average molecular weight is 345 g/mol. The Morgan fingerprint density at radius 3 is 2.62 bits per heavy atom. The van der Waals surface area contributed by atoms with E-state index in [2.05, 4.69) is 32.4 Å². The van der Waals surface area contributed by atoms with E-state index in [0.29, 0.717) is 17.9 Å². The van der Waals surface area contributed by atoms with Crippen molar-refractivity contribution in [3.05, 3.63) is 63.6 Å². The molecule has 0 spiro atoms. The van der Waals surface area contributed by atoms with Crippen LogP contribution in [0.5, 0.6) is 0 Å². The predicted molar refractivity (Wildman–Crippen MR) is 99.4 cm³/mol. The lowest BCUT2D eigenvalue weighted by atomic mass is 10.2. The molecule has 1 N–H and O–H groups in total. The molecule has 1 fully saturated rings. The Hall–Kier alpha value is -2.27. The van der Waals surface area contributed by atoms with Gasteiger partial charge in [-0.3, -0.25) is 9.78 Å². The zero-order valence-corrected chi connectivity index (χ0v) is 14.5. The number of H-pyrrole nitrogens is 1. The molecule has 2 heterocycles. The molecule has 2 aromatic rings. The second-order valence-corrected chi connectivity index (χ2v) is 6.34. The molecule has 0 unspecified atom stereocenters.